The van der Waals surface area contributed by atoms with Crippen LogP contribution < -0.4 is 5.32 Å². The van der Waals surface area contributed by atoms with Crippen LogP contribution >= 0.6 is 11.3 Å². The van der Waals surface area contributed by atoms with Gasteiger partial charge in [0.05, 0.1) is 17.2 Å². The molecule has 0 aliphatic rings. The molecule has 2 nitrogen and oxygen atoms in total. The molecule has 2 aromatic rings. The summed E-state index contributed by atoms with van der Waals surface area (Å²) in [4.78, 5) is 4.26. The van der Waals surface area contributed by atoms with Crippen molar-refractivity contribution < 1.29 is 13.2 Å². The molecule has 6 heteroatoms. The van der Waals surface area contributed by atoms with Gasteiger partial charge in [-0.1, -0.05) is 6.92 Å². The third kappa shape index (κ3) is 2.81. The highest BCUT2D eigenvalue weighted by atomic mass is 32.1. The topological polar surface area (TPSA) is 24.9 Å². The molecule has 0 spiro atoms. The van der Waals surface area contributed by atoms with E-state index in [1.165, 1.54) is 11.3 Å². The lowest BCUT2D eigenvalue weighted by Gasteiger charge is -2.07. The molecule has 0 aliphatic heterocycles. The number of hydrogen-bond donors (Lipinski definition) is 1. The highest BCUT2D eigenvalue weighted by molar-refractivity contribution is 7.09. The molecule has 0 fully saturated rings. The maximum Gasteiger partial charge on any atom is 0.152 e. The summed E-state index contributed by atoms with van der Waals surface area (Å²) in [6.45, 7) is 2.19. The third-order valence-electron chi connectivity index (χ3n) is 2.35. The van der Waals surface area contributed by atoms with Crippen LogP contribution in [0, 0.1) is 17.5 Å². The molecule has 0 bridgehead atoms. The monoisotopic (exact) mass is 272 g/mol. The maximum absolute atomic E-state index is 13.3. The molecular weight excluding hydrogens is 261 g/mol. The van der Waals surface area contributed by atoms with Crippen LogP contribution in [0.5, 0.6) is 0 Å². The van der Waals surface area contributed by atoms with E-state index in [1.54, 1.807) is 0 Å². The van der Waals surface area contributed by atoms with Gasteiger partial charge in [0, 0.05) is 17.5 Å². The lowest BCUT2D eigenvalue weighted by Crippen LogP contribution is -2.05. The molecule has 96 valence electrons. The summed E-state index contributed by atoms with van der Waals surface area (Å²) in [7, 11) is 0. The first-order valence-corrected chi connectivity index (χ1v) is 6.29. The fraction of sp³-hybridized carbons (Fsp3) is 0.250. The average molecular weight is 272 g/mol. The number of benzene rings is 1. The van der Waals surface area contributed by atoms with Crippen LogP contribution in [-0.2, 0) is 13.0 Å². The number of aromatic nitrogens is 1. The maximum atomic E-state index is 13.3. The molecule has 0 aliphatic carbocycles. The smallest absolute Gasteiger partial charge is 0.152 e. The number of rotatable bonds is 4. The first-order valence-electron chi connectivity index (χ1n) is 5.42. The lowest BCUT2D eigenvalue weighted by molar-refractivity contribution is 0.547. The number of anilines is 1. The number of hydrogen-bond acceptors (Lipinski definition) is 3. The van der Waals surface area contributed by atoms with Gasteiger partial charge in [-0.25, -0.2) is 18.2 Å². The fourth-order valence-corrected chi connectivity index (χ4v) is 2.23. The van der Waals surface area contributed by atoms with Gasteiger partial charge in [-0.05, 0) is 6.42 Å². The quantitative estimate of drug-likeness (QED) is 0.917. The van der Waals surface area contributed by atoms with Gasteiger partial charge in [-0.15, -0.1) is 11.3 Å². The third-order valence-corrected chi connectivity index (χ3v) is 3.40. The van der Waals surface area contributed by atoms with Gasteiger partial charge < -0.3 is 5.32 Å². The van der Waals surface area contributed by atoms with E-state index in [4.69, 9.17) is 0 Å². The Labute approximate surface area is 106 Å². The van der Waals surface area contributed by atoms with Gasteiger partial charge in [-0.3, -0.25) is 0 Å². The summed E-state index contributed by atoms with van der Waals surface area (Å²) in [6, 6.07) is 1.29. The zero-order valence-corrected chi connectivity index (χ0v) is 10.5. The molecule has 0 atom stereocenters. The SMILES string of the molecule is CCc1nc(CNc2c(F)cc(F)cc2F)cs1. The number of aryl methyl sites for hydroxylation is 1. The molecule has 0 amide bonds. The Morgan fingerprint density at radius 2 is 1.89 bits per heavy atom. The molecule has 1 aromatic heterocycles. The van der Waals surface area contributed by atoms with Crippen LogP contribution in [0.1, 0.15) is 17.6 Å². The minimum atomic E-state index is -0.946. The first kappa shape index (κ1) is 12.9. The summed E-state index contributed by atoms with van der Waals surface area (Å²) < 4.78 is 39.4. The van der Waals surface area contributed by atoms with Gasteiger partial charge in [0.15, 0.2) is 11.6 Å². The van der Waals surface area contributed by atoms with Crippen LogP contribution in [0.4, 0.5) is 18.9 Å². The van der Waals surface area contributed by atoms with Gasteiger partial charge in [-0.2, -0.15) is 0 Å². The van der Waals surface area contributed by atoms with Crippen LogP contribution in [-0.4, -0.2) is 4.98 Å². The standard InChI is InChI=1S/C12H11F3N2S/c1-2-11-17-8(6-18-11)5-16-12-9(14)3-7(13)4-10(12)15/h3-4,6,16H,2,5H2,1H3. The van der Waals surface area contributed by atoms with E-state index in [9.17, 15) is 13.2 Å². The number of thiazole rings is 1. The normalized spacial score (nSPS) is 10.7. The molecule has 1 heterocycles. The highest BCUT2D eigenvalue weighted by Crippen LogP contribution is 2.21. The van der Waals surface area contributed by atoms with Crippen molar-refractivity contribution in [1.82, 2.24) is 4.98 Å². The second kappa shape index (κ2) is 5.39. The molecular formula is C12H11F3N2S. The second-order valence-electron chi connectivity index (χ2n) is 3.68. The van der Waals surface area contributed by atoms with Crippen LogP contribution in [0.2, 0.25) is 0 Å². The van der Waals surface area contributed by atoms with Gasteiger partial charge in [0.1, 0.15) is 11.5 Å². The molecule has 0 saturated heterocycles. The molecule has 18 heavy (non-hydrogen) atoms. The molecule has 1 aromatic carbocycles. The summed E-state index contributed by atoms with van der Waals surface area (Å²) in [5.41, 5.74) is 0.377. The van der Waals surface area contributed by atoms with E-state index < -0.39 is 17.5 Å². The van der Waals surface area contributed by atoms with E-state index >= 15 is 0 Å². The number of halogens is 3. The predicted octanol–water partition coefficient (Wildman–Crippen LogP) is 3.73. The van der Waals surface area contributed by atoms with Gasteiger partial charge >= 0.3 is 0 Å². The second-order valence-corrected chi connectivity index (χ2v) is 4.63. The van der Waals surface area contributed by atoms with E-state index in [0.717, 1.165) is 11.4 Å². The van der Waals surface area contributed by atoms with E-state index in [-0.39, 0.29) is 12.2 Å². The van der Waals surface area contributed by atoms with Crippen molar-refractivity contribution >= 4 is 17.0 Å². The number of nitrogens with zero attached hydrogens (tertiary/aromatic N) is 1. The van der Waals surface area contributed by atoms with Crippen LogP contribution in [0.25, 0.3) is 0 Å². The minimum absolute atomic E-state index is 0.204. The molecule has 0 saturated carbocycles. The largest absolute Gasteiger partial charge is 0.375 e. The first-order chi connectivity index (χ1) is 8.60. The molecule has 2 rings (SSSR count). The summed E-state index contributed by atoms with van der Waals surface area (Å²) >= 11 is 1.50. The Morgan fingerprint density at radius 1 is 1.22 bits per heavy atom. The van der Waals surface area contributed by atoms with Crippen molar-refractivity contribution in [2.75, 3.05) is 5.32 Å². The number of nitrogens with one attached hydrogen (secondary N) is 1. The van der Waals surface area contributed by atoms with Crippen molar-refractivity contribution in [1.29, 1.82) is 0 Å². The minimum Gasteiger partial charge on any atom is -0.375 e. The lowest BCUT2D eigenvalue weighted by atomic mass is 10.2. The van der Waals surface area contributed by atoms with Gasteiger partial charge in [0.25, 0.3) is 0 Å². The van der Waals surface area contributed by atoms with Crippen molar-refractivity contribution in [3.63, 3.8) is 0 Å². The molecule has 0 unspecified atom stereocenters. The fourth-order valence-electron chi connectivity index (χ4n) is 1.48. The summed E-state index contributed by atoms with van der Waals surface area (Å²) in [6.07, 6.45) is 0.823. The summed E-state index contributed by atoms with van der Waals surface area (Å²) in [5, 5.41) is 5.38. The highest BCUT2D eigenvalue weighted by Gasteiger charge is 2.11. The average Bonchev–Trinajstić information content (AvgIpc) is 2.75. The van der Waals surface area contributed by atoms with Gasteiger partial charge in [0.2, 0.25) is 0 Å². The van der Waals surface area contributed by atoms with E-state index in [2.05, 4.69) is 10.3 Å². The van der Waals surface area contributed by atoms with Crippen molar-refractivity contribution in [2.45, 2.75) is 19.9 Å². The van der Waals surface area contributed by atoms with E-state index in [1.807, 2.05) is 12.3 Å². The Bertz CT molecular complexity index is 531. The predicted molar refractivity (Wildman–Crippen MR) is 65.1 cm³/mol. The zero-order valence-electron chi connectivity index (χ0n) is 9.64. The molecule has 0 radical (unpaired) electrons. The Balaban J connectivity index is 2.10. The Hall–Kier alpha value is -1.56. The Morgan fingerprint density at radius 3 is 2.44 bits per heavy atom. The van der Waals surface area contributed by atoms with Crippen LogP contribution in [0.15, 0.2) is 17.5 Å². The zero-order chi connectivity index (χ0) is 13.1. The van der Waals surface area contributed by atoms with E-state index in [0.29, 0.717) is 17.8 Å². The van der Waals surface area contributed by atoms with Crippen LogP contribution in [0.3, 0.4) is 0 Å². The van der Waals surface area contributed by atoms with Crippen molar-refractivity contribution in [2.24, 2.45) is 0 Å². The van der Waals surface area contributed by atoms with Crippen molar-refractivity contribution in [3.05, 3.63) is 45.7 Å². The Kier molecular flexibility index (Phi) is 3.86. The van der Waals surface area contributed by atoms with Crippen molar-refractivity contribution in [3.8, 4) is 0 Å². The molecule has 1 N–H and O–H groups in total. The summed E-state index contributed by atoms with van der Waals surface area (Å²) in [5.74, 6) is -2.82.